The van der Waals surface area contributed by atoms with Crippen molar-refractivity contribution in [2.24, 2.45) is 0 Å². The van der Waals surface area contributed by atoms with Crippen LogP contribution in [0.4, 0.5) is 0 Å². The summed E-state index contributed by atoms with van der Waals surface area (Å²) in [5.74, 6) is 0.633. The third-order valence-corrected chi connectivity index (χ3v) is 3.12. The molecule has 2 aromatic rings. The molecule has 1 aromatic heterocycles. The van der Waals surface area contributed by atoms with Gasteiger partial charge < -0.3 is 14.5 Å². The lowest BCUT2D eigenvalue weighted by Crippen LogP contribution is -2.27. The summed E-state index contributed by atoms with van der Waals surface area (Å²) in [5, 5.41) is 4.32. The molecular formula is C12H11N3O3S. The molecule has 1 saturated heterocycles. The van der Waals surface area contributed by atoms with Gasteiger partial charge in [-0.3, -0.25) is 5.43 Å². The van der Waals surface area contributed by atoms with E-state index in [1.54, 1.807) is 13.2 Å². The van der Waals surface area contributed by atoms with Crippen molar-refractivity contribution in [2.75, 3.05) is 7.11 Å². The van der Waals surface area contributed by atoms with Crippen molar-refractivity contribution >= 4 is 28.3 Å². The Hall–Kier alpha value is -2.12. The standard InChI is InChI=1S/C12H11N3O3S/c1-17-6-2-3-7-8(11-13-12(19)15-14-11)5-10(16)18-9(7)4-6/h2-5,11,14H,1H3,(H2,13,15,19). The summed E-state index contributed by atoms with van der Waals surface area (Å²) in [7, 11) is 1.56. The molecule has 0 amide bonds. The zero-order valence-corrected chi connectivity index (χ0v) is 10.8. The van der Waals surface area contributed by atoms with Crippen LogP contribution in [0.3, 0.4) is 0 Å². The Morgan fingerprint density at radius 2 is 2.21 bits per heavy atom. The lowest BCUT2D eigenvalue weighted by Gasteiger charge is -2.12. The molecule has 1 unspecified atom stereocenters. The summed E-state index contributed by atoms with van der Waals surface area (Å²) in [6.07, 6.45) is -0.271. The van der Waals surface area contributed by atoms with E-state index >= 15 is 0 Å². The van der Waals surface area contributed by atoms with Crippen molar-refractivity contribution in [2.45, 2.75) is 6.17 Å². The highest BCUT2D eigenvalue weighted by atomic mass is 32.1. The molecule has 0 bridgehead atoms. The molecule has 1 atom stereocenters. The summed E-state index contributed by atoms with van der Waals surface area (Å²) < 4.78 is 10.3. The van der Waals surface area contributed by atoms with Gasteiger partial charge in [-0.2, -0.15) is 0 Å². The predicted octanol–water partition coefficient (Wildman–Crippen LogP) is 0.783. The van der Waals surface area contributed by atoms with Crippen LogP contribution in [-0.2, 0) is 0 Å². The molecule has 1 aliphatic rings. The monoisotopic (exact) mass is 277 g/mol. The van der Waals surface area contributed by atoms with Crippen molar-refractivity contribution in [1.29, 1.82) is 0 Å². The van der Waals surface area contributed by atoms with Crippen LogP contribution >= 0.6 is 12.2 Å². The van der Waals surface area contributed by atoms with Gasteiger partial charge in [0.05, 0.1) is 7.11 Å². The average molecular weight is 277 g/mol. The smallest absolute Gasteiger partial charge is 0.336 e. The van der Waals surface area contributed by atoms with E-state index in [1.165, 1.54) is 6.07 Å². The maximum absolute atomic E-state index is 11.6. The Morgan fingerprint density at radius 3 is 2.89 bits per heavy atom. The van der Waals surface area contributed by atoms with E-state index in [2.05, 4.69) is 16.2 Å². The number of ether oxygens (including phenoxy) is 1. The van der Waals surface area contributed by atoms with Crippen LogP contribution in [0.1, 0.15) is 11.7 Å². The second kappa shape index (κ2) is 4.52. The third kappa shape index (κ3) is 2.13. The number of thiocarbonyl (C=S) groups is 1. The van der Waals surface area contributed by atoms with Crippen molar-refractivity contribution < 1.29 is 9.15 Å². The van der Waals surface area contributed by atoms with Crippen LogP contribution in [0, 0.1) is 0 Å². The molecule has 2 heterocycles. The molecule has 0 spiro atoms. The van der Waals surface area contributed by atoms with Crippen LogP contribution < -0.4 is 26.5 Å². The van der Waals surface area contributed by atoms with E-state index in [0.717, 1.165) is 10.9 Å². The first-order valence-corrected chi connectivity index (χ1v) is 6.02. The molecular weight excluding hydrogens is 266 g/mol. The fraction of sp³-hybridized carbons (Fsp3) is 0.167. The van der Waals surface area contributed by atoms with Gasteiger partial charge in [0.2, 0.25) is 0 Å². The van der Waals surface area contributed by atoms with E-state index in [-0.39, 0.29) is 6.17 Å². The maximum Gasteiger partial charge on any atom is 0.336 e. The zero-order valence-electron chi connectivity index (χ0n) is 10.0. The van der Waals surface area contributed by atoms with Gasteiger partial charge in [-0.05, 0) is 24.4 Å². The highest BCUT2D eigenvalue weighted by Gasteiger charge is 2.22. The van der Waals surface area contributed by atoms with Crippen molar-refractivity contribution in [1.82, 2.24) is 16.2 Å². The first kappa shape index (κ1) is 11.9. The van der Waals surface area contributed by atoms with Gasteiger partial charge in [-0.15, -0.1) is 0 Å². The topological polar surface area (TPSA) is 75.5 Å². The van der Waals surface area contributed by atoms with Gasteiger partial charge in [0.1, 0.15) is 17.5 Å². The first-order chi connectivity index (χ1) is 9.17. The van der Waals surface area contributed by atoms with E-state index in [4.69, 9.17) is 21.4 Å². The minimum atomic E-state index is -0.419. The summed E-state index contributed by atoms with van der Waals surface area (Å²) >= 11 is 4.98. The summed E-state index contributed by atoms with van der Waals surface area (Å²) in [6.45, 7) is 0. The number of methoxy groups -OCH3 is 1. The normalized spacial score (nSPS) is 18.2. The fourth-order valence-corrected chi connectivity index (χ4v) is 2.21. The molecule has 1 fully saturated rings. The molecule has 1 aliphatic heterocycles. The largest absolute Gasteiger partial charge is 0.497 e. The Kier molecular flexibility index (Phi) is 2.84. The van der Waals surface area contributed by atoms with Gasteiger partial charge in [0, 0.05) is 23.1 Å². The summed E-state index contributed by atoms with van der Waals surface area (Å²) in [4.78, 5) is 11.6. The van der Waals surface area contributed by atoms with E-state index in [9.17, 15) is 4.79 Å². The lowest BCUT2D eigenvalue weighted by molar-refractivity contribution is 0.414. The predicted molar refractivity (Wildman–Crippen MR) is 73.8 cm³/mol. The van der Waals surface area contributed by atoms with E-state index in [1.807, 2.05) is 12.1 Å². The molecule has 6 nitrogen and oxygen atoms in total. The van der Waals surface area contributed by atoms with Crippen LogP contribution in [-0.4, -0.2) is 12.2 Å². The molecule has 19 heavy (non-hydrogen) atoms. The van der Waals surface area contributed by atoms with Gasteiger partial charge in [-0.25, -0.2) is 10.2 Å². The number of fused-ring (bicyclic) bond motifs is 1. The average Bonchev–Trinajstić information content (AvgIpc) is 2.83. The molecule has 3 N–H and O–H groups in total. The highest BCUT2D eigenvalue weighted by molar-refractivity contribution is 7.80. The number of hydrogen-bond donors (Lipinski definition) is 3. The minimum Gasteiger partial charge on any atom is -0.497 e. The number of rotatable bonds is 2. The van der Waals surface area contributed by atoms with E-state index < -0.39 is 5.63 Å². The van der Waals surface area contributed by atoms with Crippen molar-refractivity contribution in [3.05, 3.63) is 40.2 Å². The molecule has 3 rings (SSSR count). The maximum atomic E-state index is 11.6. The second-order valence-corrected chi connectivity index (χ2v) is 4.47. The number of benzene rings is 1. The van der Waals surface area contributed by atoms with Gasteiger partial charge in [0.25, 0.3) is 0 Å². The van der Waals surface area contributed by atoms with Gasteiger partial charge in [-0.1, -0.05) is 0 Å². The molecule has 0 saturated carbocycles. The Bertz CT molecular complexity index is 713. The molecule has 7 heteroatoms. The Morgan fingerprint density at radius 1 is 1.37 bits per heavy atom. The quantitative estimate of drug-likeness (QED) is 0.553. The minimum absolute atomic E-state index is 0.271. The Labute approximate surface area is 113 Å². The van der Waals surface area contributed by atoms with Crippen LogP contribution in [0.25, 0.3) is 11.0 Å². The van der Waals surface area contributed by atoms with Crippen LogP contribution in [0.5, 0.6) is 5.75 Å². The number of nitrogens with one attached hydrogen (secondary N) is 3. The second-order valence-electron chi connectivity index (χ2n) is 4.06. The highest BCUT2D eigenvalue weighted by Crippen LogP contribution is 2.25. The van der Waals surface area contributed by atoms with E-state index in [0.29, 0.717) is 16.4 Å². The molecule has 1 aromatic carbocycles. The fourth-order valence-electron chi connectivity index (χ4n) is 2.03. The van der Waals surface area contributed by atoms with Crippen molar-refractivity contribution in [3.63, 3.8) is 0 Å². The first-order valence-electron chi connectivity index (χ1n) is 5.61. The molecule has 0 aliphatic carbocycles. The molecule has 0 radical (unpaired) electrons. The number of hydrogen-bond acceptors (Lipinski definition) is 5. The third-order valence-electron chi connectivity index (χ3n) is 2.90. The SMILES string of the molecule is COc1ccc2c(C3NNC(=S)N3)cc(=O)oc2c1. The summed E-state index contributed by atoms with van der Waals surface area (Å²) in [5.41, 5.74) is 6.57. The summed E-state index contributed by atoms with van der Waals surface area (Å²) in [6, 6.07) is 6.78. The lowest BCUT2D eigenvalue weighted by atomic mass is 10.1. The van der Waals surface area contributed by atoms with Crippen molar-refractivity contribution in [3.8, 4) is 5.75 Å². The van der Waals surface area contributed by atoms with Gasteiger partial charge >= 0.3 is 5.63 Å². The zero-order chi connectivity index (χ0) is 13.4. The van der Waals surface area contributed by atoms with Crippen LogP contribution in [0.2, 0.25) is 0 Å². The van der Waals surface area contributed by atoms with Crippen LogP contribution in [0.15, 0.2) is 33.5 Å². The number of hydrazine groups is 1. The Balaban J connectivity index is 2.18. The molecule has 98 valence electrons. The van der Waals surface area contributed by atoms with Gasteiger partial charge in [0.15, 0.2) is 5.11 Å².